The Hall–Kier alpha value is -4.20. The second-order valence-electron chi connectivity index (χ2n) is 6.05. The first kappa shape index (κ1) is 17.2. The van der Waals surface area contributed by atoms with Crippen molar-refractivity contribution in [3.63, 3.8) is 0 Å². The van der Waals surface area contributed by atoms with Crippen molar-refractivity contribution in [2.24, 2.45) is 0 Å². The van der Waals surface area contributed by atoms with Crippen LogP contribution in [0.15, 0.2) is 66.9 Å². The zero-order valence-corrected chi connectivity index (χ0v) is 14.6. The highest BCUT2D eigenvalue weighted by Crippen LogP contribution is 2.27. The van der Waals surface area contributed by atoms with Gasteiger partial charge in [0.25, 0.3) is 5.91 Å². The van der Waals surface area contributed by atoms with Gasteiger partial charge in [-0.1, -0.05) is 6.07 Å². The number of fused-ring (bicyclic) bond motifs is 1. The van der Waals surface area contributed by atoms with Crippen LogP contribution in [0.1, 0.15) is 10.5 Å². The smallest absolute Gasteiger partial charge is 0.274 e. The highest BCUT2D eigenvalue weighted by molar-refractivity contribution is 6.02. The van der Waals surface area contributed by atoms with Crippen LogP contribution in [0.2, 0.25) is 0 Å². The van der Waals surface area contributed by atoms with Crippen LogP contribution in [0.5, 0.6) is 0 Å². The van der Waals surface area contributed by atoms with Crippen LogP contribution < -0.4 is 5.32 Å². The van der Waals surface area contributed by atoms with Gasteiger partial charge in [0.15, 0.2) is 5.82 Å². The van der Waals surface area contributed by atoms with Crippen molar-refractivity contribution in [1.82, 2.24) is 14.7 Å². The van der Waals surface area contributed by atoms with Gasteiger partial charge in [0.05, 0.1) is 5.52 Å². The second-order valence-corrected chi connectivity index (χ2v) is 6.05. The summed E-state index contributed by atoms with van der Waals surface area (Å²) in [6.45, 7) is 3.29. The van der Waals surface area contributed by atoms with E-state index in [0.29, 0.717) is 44.2 Å². The molecule has 0 atom stereocenters. The molecule has 2 aromatic heterocycles. The number of aromatic nitrogens is 3. The molecule has 0 spiro atoms. The Morgan fingerprint density at radius 3 is 2.61 bits per heavy atom. The number of nitrogens with zero attached hydrogens (tertiary/aromatic N) is 4. The van der Waals surface area contributed by atoms with Gasteiger partial charge in [-0.3, -0.25) is 9.78 Å². The normalized spacial score (nSPS) is 10.7. The lowest BCUT2D eigenvalue weighted by Gasteiger charge is -2.06. The van der Waals surface area contributed by atoms with Crippen molar-refractivity contribution >= 4 is 35.0 Å². The fourth-order valence-electron chi connectivity index (χ4n) is 2.79. The average molecular weight is 373 g/mol. The van der Waals surface area contributed by atoms with Crippen molar-refractivity contribution in [2.45, 2.75) is 0 Å². The van der Waals surface area contributed by atoms with Gasteiger partial charge in [-0.25, -0.2) is 4.98 Å². The Labute approximate surface area is 159 Å². The van der Waals surface area contributed by atoms with Gasteiger partial charge in [0.1, 0.15) is 17.9 Å². The molecule has 138 valence electrons. The molecule has 0 saturated carbocycles. The van der Waals surface area contributed by atoms with E-state index in [1.165, 1.54) is 6.07 Å². The van der Waals surface area contributed by atoms with Crippen LogP contribution in [0, 0.1) is 5.21 Å². The molecule has 8 nitrogen and oxygen atoms in total. The molecule has 28 heavy (non-hydrogen) atoms. The first-order valence-electron chi connectivity index (χ1n) is 8.35. The minimum atomic E-state index is -0.314. The predicted octanol–water partition coefficient (Wildman–Crippen LogP) is 3.43. The molecule has 2 N–H and O–H groups in total. The van der Waals surface area contributed by atoms with Crippen molar-refractivity contribution in [2.75, 3.05) is 5.32 Å². The largest absolute Gasteiger partial charge is 0.619 e. The molecule has 0 aliphatic carbocycles. The van der Waals surface area contributed by atoms with Crippen molar-refractivity contribution < 1.29 is 14.7 Å². The van der Waals surface area contributed by atoms with Gasteiger partial charge in [-0.05, 0) is 42.5 Å². The van der Waals surface area contributed by atoms with E-state index in [1.807, 2.05) is 0 Å². The van der Waals surface area contributed by atoms with Crippen LogP contribution in [-0.2, 0) is 0 Å². The fraction of sp³-hybridized carbons (Fsp3) is 0. The molecule has 0 aliphatic heterocycles. The number of amides is 1. The third kappa shape index (κ3) is 3.14. The molecular formula is C20H15N5O3. The lowest BCUT2D eigenvalue weighted by molar-refractivity contribution is -0.349. The van der Waals surface area contributed by atoms with E-state index in [1.54, 1.807) is 60.8 Å². The summed E-state index contributed by atoms with van der Waals surface area (Å²) in [7, 11) is 0. The van der Waals surface area contributed by atoms with Crippen LogP contribution in [-0.4, -0.2) is 37.3 Å². The monoisotopic (exact) mass is 373 g/mol. The van der Waals surface area contributed by atoms with E-state index in [0.717, 1.165) is 4.73 Å². The third-order valence-corrected chi connectivity index (χ3v) is 4.20. The SMILES string of the molecule is C=[N+]([O-])c1ccc2nc(-c3ccc(NC(=O)c4ccccn4)cc3)n(O)c2c1. The highest BCUT2D eigenvalue weighted by Gasteiger charge is 2.14. The minimum Gasteiger partial charge on any atom is -0.619 e. The van der Waals surface area contributed by atoms with Gasteiger partial charge in [0, 0.05) is 29.6 Å². The van der Waals surface area contributed by atoms with Crippen molar-refractivity contribution in [1.29, 1.82) is 0 Å². The van der Waals surface area contributed by atoms with E-state index >= 15 is 0 Å². The first-order chi connectivity index (χ1) is 13.5. The van der Waals surface area contributed by atoms with Gasteiger partial charge in [-0.2, -0.15) is 9.47 Å². The van der Waals surface area contributed by atoms with Gasteiger partial charge in [0.2, 0.25) is 5.69 Å². The molecule has 0 radical (unpaired) electrons. The molecule has 8 heteroatoms. The number of carbonyl (C=O) groups excluding carboxylic acids is 1. The highest BCUT2D eigenvalue weighted by atomic mass is 16.5. The van der Waals surface area contributed by atoms with E-state index in [2.05, 4.69) is 22.0 Å². The maximum atomic E-state index is 12.2. The molecule has 0 aliphatic rings. The number of nitrogens with one attached hydrogen (secondary N) is 1. The molecular weight excluding hydrogens is 358 g/mol. The first-order valence-corrected chi connectivity index (χ1v) is 8.35. The number of hydrogen-bond acceptors (Lipinski definition) is 5. The Morgan fingerprint density at radius 1 is 1.14 bits per heavy atom. The topological polar surface area (TPSA) is 106 Å². The summed E-state index contributed by atoms with van der Waals surface area (Å²) in [6, 6.07) is 16.7. The summed E-state index contributed by atoms with van der Waals surface area (Å²) in [4.78, 5) is 20.6. The number of carbonyl (C=O) groups is 1. The zero-order chi connectivity index (χ0) is 19.7. The van der Waals surface area contributed by atoms with Gasteiger partial charge in [-0.15, -0.1) is 0 Å². The van der Waals surface area contributed by atoms with Gasteiger partial charge >= 0.3 is 0 Å². The predicted molar refractivity (Wildman–Crippen MR) is 105 cm³/mol. The third-order valence-electron chi connectivity index (χ3n) is 4.20. The van der Waals surface area contributed by atoms with Gasteiger partial charge < -0.3 is 15.7 Å². The van der Waals surface area contributed by atoms with Crippen molar-refractivity contribution in [3.8, 4) is 11.4 Å². The van der Waals surface area contributed by atoms with Crippen LogP contribution in [0.3, 0.4) is 0 Å². The molecule has 2 heterocycles. The van der Waals surface area contributed by atoms with Crippen molar-refractivity contribution in [3.05, 3.63) is 77.8 Å². The molecule has 4 aromatic rings. The average Bonchev–Trinajstić information content (AvgIpc) is 3.05. The minimum absolute atomic E-state index is 0.307. The number of benzene rings is 2. The molecule has 4 rings (SSSR count). The summed E-state index contributed by atoms with van der Waals surface area (Å²) in [5, 5.41) is 24.6. The van der Waals surface area contributed by atoms with Crippen LogP contribution >= 0.6 is 0 Å². The summed E-state index contributed by atoms with van der Waals surface area (Å²) in [5.41, 5.74) is 2.78. The Morgan fingerprint density at radius 2 is 1.93 bits per heavy atom. The number of rotatable bonds is 4. The maximum Gasteiger partial charge on any atom is 0.274 e. The van der Waals surface area contributed by atoms with E-state index in [4.69, 9.17) is 0 Å². The molecule has 1 amide bonds. The molecule has 0 saturated heterocycles. The number of anilines is 1. The second kappa shape index (κ2) is 6.84. The number of hydrogen-bond donors (Lipinski definition) is 2. The molecule has 0 bridgehead atoms. The molecule has 0 fully saturated rings. The quantitative estimate of drug-likeness (QED) is 0.187. The zero-order valence-electron chi connectivity index (χ0n) is 14.6. The maximum absolute atomic E-state index is 12.2. The molecule has 0 unspecified atom stereocenters. The van der Waals surface area contributed by atoms with E-state index in [9.17, 15) is 15.2 Å². The lowest BCUT2D eigenvalue weighted by Crippen LogP contribution is -2.13. The Balaban J connectivity index is 1.61. The van der Waals surface area contributed by atoms with E-state index < -0.39 is 0 Å². The fourth-order valence-corrected chi connectivity index (χ4v) is 2.79. The summed E-state index contributed by atoms with van der Waals surface area (Å²) >= 11 is 0. The van der Waals surface area contributed by atoms with E-state index in [-0.39, 0.29) is 5.91 Å². The summed E-state index contributed by atoms with van der Waals surface area (Å²) in [6.07, 6.45) is 1.55. The summed E-state index contributed by atoms with van der Waals surface area (Å²) in [5.74, 6) is 0.00174. The number of imidazole rings is 1. The Bertz CT molecular complexity index is 1180. The number of pyridine rings is 1. The van der Waals surface area contributed by atoms with Crippen LogP contribution in [0.25, 0.3) is 22.4 Å². The standard InChI is InChI=1S/C20H15N5O3/c1-24(27)15-9-10-16-18(12-15)25(28)19(23-16)13-5-7-14(8-6-13)22-20(26)17-4-2-3-11-21-17/h2-12,28H,1H2,(H,22,26). The van der Waals surface area contributed by atoms with Crippen LogP contribution in [0.4, 0.5) is 11.4 Å². The summed E-state index contributed by atoms with van der Waals surface area (Å²) < 4.78 is 1.38. The lowest BCUT2D eigenvalue weighted by atomic mass is 10.2. The Kier molecular flexibility index (Phi) is 4.21. The molecule has 2 aromatic carbocycles.